The molecule has 0 heterocycles. The van der Waals surface area contributed by atoms with E-state index < -0.39 is 0 Å². The molecular formula is C11H14ClIN2. The third kappa shape index (κ3) is 3.06. The van der Waals surface area contributed by atoms with Crippen molar-refractivity contribution in [2.24, 2.45) is 11.8 Å². The highest BCUT2D eigenvalue weighted by Gasteiger charge is 2.25. The molecule has 0 aliphatic heterocycles. The van der Waals surface area contributed by atoms with Crippen LogP contribution in [0.25, 0.3) is 0 Å². The Labute approximate surface area is 109 Å². The van der Waals surface area contributed by atoms with Crippen LogP contribution in [0.3, 0.4) is 0 Å². The van der Waals surface area contributed by atoms with Crippen LogP contribution in [-0.4, -0.2) is 0 Å². The third-order valence-electron chi connectivity index (χ3n) is 2.81. The Bertz CT molecular complexity index is 352. The van der Waals surface area contributed by atoms with Gasteiger partial charge >= 0.3 is 0 Å². The van der Waals surface area contributed by atoms with Gasteiger partial charge in [-0.05, 0) is 52.6 Å². The lowest BCUT2D eigenvalue weighted by atomic mass is 10.0. The van der Waals surface area contributed by atoms with E-state index in [2.05, 4.69) is 34.1 Å². The topological polar surface area (TPSA) is 38.0 Å². The quantitative estimate of drug-likeness (QED) is 0.503. The molecule has 0 aromatic heterocycles. The standard InChI is InChI=1S/C11H14ClIN2/c12-9-6-8(3-4-10(9)13)11(15-14)5-7-1-2-7/h3-4,6-7,11,15H,1-2,5,14H2. The SMILES string of the molecule is NNC(CC1CC1)c1ccc(I)c(Cl)c1. The summed E-state index contributed by atoms with van der Waals surface area (Å²) >= 11 is 8.32. The molecule has 0 spiro atoms. The summed E-state index contributed by atoms with van der Waals surface area (Å²) in [5, 5.41) is 0.809. The number of nitrogens with two attached hydrogens (primary N) is 1. The van der Waals surface area contributed by atoms with Crippen molar-refractivity contribution in [2.45, 2.75) is 25.3 Å². The van der Waals surface area contributed by atoms with Gasteiger partial charge in [0.2, 0.25) is 0 Å². The molecule has 0 radical (unpaired) electrons. The van der Waals surface area contributed by atoms with Gasteiger partial charge in [0.25, 0.3) is 0 Å². The molecule has 1 aromatic carbocycles. The first-order valence-corrected chi connectivity index (χ1v) is 6.57. The van der Waals surface area contributed by atoms with Gasteiger partial charge in [-0.15, -0.1) is 0 Å². The van der Waals surface area contributed by atoms with Gasteiger partial charge in [0.1, 0.15) is 0 Å². The van der Waals surface area contributed by atoms with Gasteiger partial charge in [-0.1, -0.05) is 30.5 Å². The Hall–Kier alpha value is 0.160. The highest BCUT2D eigenvalue weighted by molar-refractivity contribution is 14.1. The molecule has 0 saturated heterocycles. The van der Waals surface area contributed by atoms with E-state index in [0.29, 0.717) is 0 Å². The van der Waals surface area contributed by atoms with Gasteiger partial charge in [-0.25, -0.2) is 0 Å². The summed E-state index contributed by atoms with van der Waals surface area (Å²) in [6.45, 7) is 0. The second-order valence-electron chi connectivity index (χ2n) is 4.07. The highest BCUT2D eigenvalue weighted by Crippen LogP contribution is 2.37. The van der Waals surface area contributed by atoms with Gasteiger partial charge in [0, 0.05) is 9.61 Å². The number of hydrogen-bond donors (Lipinski definition) is 2. The zero-order valence-corrected chi connectivity index (χ0v) is 11.3. The smallest absolute Gasteiger partial charge is 0.0542 e. The van der Waals surface area contributed by atoms with Crippen molar-refractivity contribution in [3.63, 3.8) is 0 Å². The molecule has 15 heavy (non-hydrogen) atoms. The predicted molar refractivity (Wildman–Crippen MR) is 71.6 cm³/mol. The first-order valence-electron chi connectivity index (χ1n) is 5.12. The molecule has 1 aromatic rings. The van der Waals surface area contributed by atoms with Gasteiger partial charge in [-0.2, -0.15) is 0 Å². The minimum atomic E-state index is 0.243. The molecule has 1 fully saturated rings. The lowest BCUT2D eigenvalue weighted by Gasteiger charge is -2.16. The van der Waals surface area contributed by atoms with Crippen molar-refractivity contribution in [3.8, 4) is 0 Å². The molecule has 0 amide bonds. The lowest BCUT2D eigenvalue weighted by Crippen LogP contribution is -2.28. The van der Waals surface area contributed by atoms with Crippen molar-refractivity contribution in [3.05, 3.63) is 32.4 Å². The maximum absolute atomic E-state index is 6.09. The van der Waals surface area contributed by atoms with Gasteiger partial charge in [0.15, 0.2) is 0 Å². The van der Waals surface area contributed by atoms with Crippen LogP contribution in [0.1, 0.15) is 30.9 Å². The van der Waals surface area contributed by atoms with E-state index >= 15 is 0 Å². The Kier molecular flexibility index (Phi) is 3.88. The zero-order valence-electron chi connectivity index (χ0n) is 8.34. The first-order chi connectivity index (χ1) is 7.20. The van der Waals surface area contributed by atoms with Crippen molar-refractivity contribution in [2.75, 3.05) is 0 Å². The van der Waals surface area contributed by atoms with Gasteiger partial charge in [-0.3, -0.25) is 11.3 Å². The maximum Gasteiger partial charge on any atom is 0.0542 e. The Morgan fingerprint density at radius 2 is 2.27 bits per heavy atom. The van der Waals surface area contributed by atoms with Crippen LogP contribution in [-0.2, 0) is 0 Å². The minimum absolute atomic E-state index is 0.243. The van der Waals surface area contributed by atoms with Gasteiger partial charge < -0.3 is 0 Å². The molecule has 2 nitrogen and oxygen atoms in total. The summed E-state index contributed by atoms with van der Waals surface area (Å²) in [4.78, 5) is 0. The van der Waals surface area contributed by atoms with E-state index in [4.69, 9.17) is 17.4 Å². The second kappa shape index (κ2) is 4.99. The van der Waals surface area contributed by atoms with E-state index in [1.54, 1.807) is 0 Å². The Morgan fingerprint density at radius 3 is 2.80 bits per heavy atom. The minimum Gasteiger partial charge on any atom is -0.271 e. The van der Waals surface area contributed by atoms with Crippen LogP contribution < -0.4 is 11.3 Å². The molecule has 82 valence electrons. The van der Waals surface area contributed by atoms with Crippen LogP contribution in [0.2, 0.25) is 5.02 Å². The summed E-state index contributed by atoms with van der Waals surface area (Å²) in [7, 11) is 0. The Morgan fingerprint density at radius 1 is 1.53 bits per heavy atom. The second-order valence-corrected chi connectivity index (χ2v) is 5.64. The number of rotatable bonds is 4. The maximum atomic E-state index is 6.09. The van der Waals surface area contributed by atoms with E-state index in [0.717, 1.165) is 20.9 Å². The largest absolute Gasteiger partial charge is 0.271 e. The Balaban J connectivity index is 2.13. The van der Waals surface area contributed by atoms with E-state index in [1.807, 2.05) is 12.1 Å². The molecule has 1 saturated carbocycles. The first kappa shape index (κ1) is 11.6. The predicted octanol–water partition coefficient (Wildman–Crippen LogP) is 3.25. The lowest BCUT2D eigenvalue weighted by molar-refractivity contribution is 0.487. The van der Waals surface area contributed by atoms with Crippen molar-refractivity contribution < 1.29 is 0 Å². The fraction of sp³-hybridized carbons (Fsp3) is 0.455. The van der Waals surface area contributed by atoms with E-state index in [-0.39, 0.29) is 6.04 Å². The van der Waals surface area contributed by atoms with Crippen LogP contribution in [0.4, 0.5) is 0 Å². The molecule has 1 unspecified atom stereocenters. The average molecular weight is 337 g/mol. The van der Waals surface area contributed by atoms with Gasteiger partial charge in [0.05, 0.1) is 5.02 Å². The molecule has 0 bridgehead atoms. The zero-order chi connectivity index (χ0) is 10.8. The van der Waals surface area contributed by atoms with Crippen LogP contribution >= 0.6 is 34.2 Å². The van der Waals surface area contributed by atoms with E-state index in [9.17, 15) is 0 Å². The van der Waals surface area contributed by atoms with Crippen molar-refractivity contribution in [1.29, 1.82) is 0 Å². The molecular weight excluding hydrogens is 322 g/mol. The van der Waals surface area contributed by atoms with Crippen LogP contribution in [0, 0.1) is 9.49 Å². The summed E-state index contributed by atoms with van der Waals surface area (Å²) in [6.07, 6.45) is 3.81. The van der Waals surface area contributed by atoms with Crippen LogP contribution in [0.15, 0.2) is 18.2 Å². The average Bonchev–Trinajstić information content (AvgIpc) is 3.02. The van der Waals surface area contributed by atoms with Crippen molar-refractivity contribution >= 4 is 34.2 Å². The fourth-order valence-electron chi connectivity index (χ4n) is 1.72. The van der Waals surface area contributed by atoms with E-state index in [1.165, 1.54) is 18.4 Å². The number of hydrogen-bond acceptors (Lipinski definition) is 2. The molecule has 2 rings (SSSR count). The third-order valence-corrected chi connectivity index (χ3v) is 4.39. The fourth-order valence-corrected chi connectivity index (χ4v) is 2.24. The molecule has 4 heteroatoms. The number of halogens is 2. The monoisotopic (exact) mass is 336 g/mol. The van der Waals surface area contributed by atoms with Crippen molar-refractivity contribution in [1.82, 2.24) is 5.43 Å². The molecule has 3 N–H and O–H groups in total. The van der Waals surface area contributed by atoms with Crippen LogP contribution in [0.5, 0.6) is 0 Å². The summed E-state index contributed by atoms with van der Waals surface area (Å²) < 4.78 is 1.08. The highest BCUT2D eigenvalue weighted by atomic mass is 127. The number of hydrazine groups is 1. The summed E-state index contributed by atoms with van der Waals surface area (Å²) in [5.41, 5.74) is 4.06. The molecule has 1 aliphatic rings. The summed E-state index contributed by atoms with van der Waals surface area (Å²) in [6, 6.07) is 6.39. The molecule has 1 atom stereocenters. The normalized spacial score (nSPS) is 17.8. The number of benzene rings is 1. The molecule has 1 aliphatic carbocycles. The summed E-state index contributed by atoms with van der Waals surface area (Å²) in [5.74, 6) is 6.43. The number of nitrogens with one attached hydrogen (secondary N) is 1.